The van der Waals surface area contributed by atoms with Crippen molar-refractivity contribution >= 4 is 16.9 Å². The number of benzene rings is 1. The van der Waals surface area contributed by atoms with Gasteiger partial charge in [0.1, 0.15) is 11.1 Å². The number of hydrogen-bond donors (Lipinski definition) is 1. The van der Waals surface area contributed by atoms with Gasteiger partial charge in [0, 0.05) is 24.5 Å². The molecule has 1 aromatic carbocycles. The van der Waals surface area contributed by atoms with Crippen LogP contribution in [0.3, 0.4) is 0 Å². The lowest BCUT2D eigenvalue weighted by Gasteiger charge is -2.42. The summed E-state index contributed by atoms with van der Waals surface area (Å²) in [6, 6.07) is 7.33. The molecule has 1 aromatic heterocycles. The lowest BCUT2D eigenvalue weighted by atomic mass is 9.79. The highest BCUT2D eigenvalue weighted by Crippen LogP contribution is 2.29. The fourth-order valence-electron chi connectivity index (χ4n) is 3.26. The number of para-hydroxylation sites is 1. The molecule has 1 atom stereocenters. The van der Waals surface area contributed by atoms with E-state index in [1.54, 1.807) is 24.0 Å². The zero-order chi connectivity index (χ0) is 16.8. The van der Waals surface area contributed by atoms with Gasteiger partial charge in [0.05, 0.1) is 0 Å². The lowest BCUT2D eigenvalue weighted by molar-refractivity contribution is 0.0528. The van der Waals surface area contributed by atoms with Gasteiger partial charge in [-0.15, -0.1) is 0 Å². The molecular formula is C18H22N2O3. The molecule has 1 aliphatic heterocycles. The quantitative estimate of drug-likeness (QED) is 0.819. The molecule has 0 spiro atoms. The van der Waals surface area contributed by atoms with E-state index in [-0.39, 0.29) is 22.9 Å². The summed E-state index contributed by atoms with van der Waals surface area (Å²) in [6.07, 6.45) is 0.733. The van der Waals surface area contributed by atoms with Gasteiger partial charge in [-0.05, 0) is 30.4 Å². The Hall–Kier alpha value is -2.14. The van der Waals surface area contributed by atoms with Gasteiger partial charge in [0.2, 0.25) is 0 Å². The van der Waals surface area contributed by atoms with E-state index >= 15 is 0 Å². The highest BCUT2D eigenvalue weighted by Gasteiger charge is 2.36. The van der Waals surface area contributed by atoms with Crippen molar-refractivity contribution in [3.8, 4) is 0 Å². The van der Waals surface area contributed by atoms with E-state index in [9.17, 15) is 9.59 Å². The molecule has 2 N–H and O–H groups in total. The summed E-state index contributed by atoms with van der Waals surface area (Å²) in [6.45, 7) is 7.00. The number of nitrogens with two attached hydrogens (primary N) is 1. The van der Waals surface area contributed by atoms with E-state index in [0.717, 1.165) is 11.8 Å². The number of nitrogens with zero attached hydrogens (tertiary/aromatic N) is 1. The molecule has 1 unspecified atom stereocenters. The van der Waals surface area contributed by atoms with Crippen molar-refractivity contribution < 1.29 is 9.21 Å². The standard InChI is InChI=1S/C18H22N2O3/c1-11-12-6-4-5-7-13(12)23-17(22)15(11)16(21)20-9-8-14(19)18(2,3)10-20/h4-7,14H,8-10,19H2,1-3H3. The predicted molar refractivity (Wildman–Crippen MR) is 89.5 cm³/mol. The van der Waals surface area contributed by atoms with E-state index in [1.807, 2.05) is 26.0 Å². The third kappa shape index (κ3) is 2.65. The summed E-state index contributed by atoms with van der Waals surface area (Å²) in [4.78, 5) is 26.9. The van der Waals surface area contributed by atoms with Crippen LogP contribution < -0.4 is 11.4 Å². The number of carbonyl (C=O) groups excluding carboxylic acids is 1. The number of likely N-dealkylation sites (tertiary alicyclic amines) is 1. The first-order valence-corrected chi connectivity index (χ1v) is 7.88. The van der Waals surface area contributed by atoms with Gasteiger partial charge < -0.3 is 15.1 Å². The minimum absolute atomic E-state index is 0.0562. The second kappa shape index (κ2) is 5.49. The smallest absolute Gasteiger partial charge is 0.349 e. The fourth-order valence-corrected chi connectivity index (χ4v) is 3.26. The molecule has 0 radical (unpaired) electrons. The van der Waals surface area contributed by atoms with E-state index < -0.39 is 5.63 Å². The van der Waals surface area contributed by atoms with Crippen LogP contribution in [0.4, 0.5) is 0 Å². The predicted octanol–water partition coefficient (Wildman–Crippen LogP) is 2.30. The summed E-state index contributed by atoms with van der Waals surface area (Å²) >= 11 is 0. The molecule has 1 fully saturated rings. The number of aryl methyl sites for hydroxylation is 1. The highest BCUT2D eigenvalue weighted by atomic mass is 16.4. The topological polar surface area (TPSA) is 76.5 Å². The number of fused-ring (bicyclic) bond motifs is 1. The molecule has 0 bridgehead atoms. The number of amides is 1. The Labute approximate surface area is 135 Å². The van der Waals surface area contributed by atoms with E-state index in [4.69, 9.17) is 10.2 Å². The van der Waals surface area contributed by atoms with Crippen molar-refractivity contribution in [1.82, 2.24) is 4.90 Å². The summed E-state index contributed by atoms with van der Waals surface area (Å²) < 4.78 is 5.33. The molecule has 5 heteroatoms. The van der Waals surface area contributed by atoms with Crippen LogP contribution in [0.25, 0.3) is 11.0 Å². The average Bonchev–Trinajstić information content (AvgIpc) is 2.49. The molecule has 122 valence electrons. The van der Waals surface area contributed by atoms with Gasteiger partial charge in [-0.1, -0.05) is 32.0 Å². The number of hydrogen-bond acceptors (Lipinski definition) is 4. The first-order valence-electron chi connectivity index (χ1n) is 7.88. The molecule has 5 nitrogen and oxygen atoms in total. The van der Waals surface area contributed by atoms with Gasteiger partial charge in [0.15, 0.2) is 0 Å². The second-order valence-electron chi connectivity index (χ2n) is 7.00. The zero-order valence-corrected chi connectivity index (χ0v) is 13.8. The van der Waals surface area contributed by atoms with Crippen molar-refractivity contribution in [3.63, 3.8) is 0 Å². The van der Waals surface area contributed by atoms with Crippen molar-refractivity contribution in [2.75, 3.05) is 13.1 Å². The monoisotopic (exact) mass is 314 g/mol. The Bertz CT molecular complexity index is 823. The summed E-state index contributed by atoms with van der Waals surface area (Å²) in [5.74, 6) is -0.262. The van der Waals surface area contributed by atoms with Crippen LogP contribution in [0.1, 0.15) is 36.2 Å². The minimum atomic E-state index is -0.570. The van der Waals surface area contributed by atoms with E-state index in [0.29, 0.717) is 24.2 Å². The maximum Gasteiger partial charge on any atom is 0.349 e. The molecular weight excluding hydrogens is 292 g/mol. The van der Waals surface area contributed by atoms with Gasteiger partial charge in [-0.3, -0.25) is 4.79 Å². The summed E-state index contributed by atoms with van der Waals surface area (Å²) in [7, 11) is 0. The molecule has 2 aromatic rings. The fraction of sp³-hybridized carbons (Fsp3) is 0.444. The SMILES string of the molecule is Cc1c(C(=O)N2CCC(N)C(C)(C)C2)c(=O)oc2ccccc12. The maximum absolute atomic E-state index is 12.9. The second-order valence-corrected chi connectivity index (χ2v) is 7.00. The van der Waals surface area contributed by atoms with Gasteiger partial charge in [-0.25, -0.2) is 4.79 Å². The van der Waals surface area contributed by atoms with Crippen molar-refractivity contribution in [3.05, 3.63) is 45.8 Å². The highest BCUT2D eigenvalue weighted by molar-refractivity contribution is 5.99. The average molecular weight is 314 g/mol. The molecule has 1 aliphatic rings. The van der Waals surface area contributed by atoms with Crippen LogP contribution in [0, 0.1) is 12.3 Å². The number of rotatable bonds is 1. The minimum Gasteiger partial charge on any atom is -0.422 e. The lowest BCUT2D eigenvalue weighted by Crippen LogP contribution is -2.54. The molecule has 0 saturated carbocycles. The Kier molecular flexibility index (Phi) is 3.76. The Morgan fingerprint density at radius 2 is 2.04 bits per heavy atom. The maximum atomic E-state index is 12.9. The third-order valence-corrected chi connectivity index (χ3v) is 4.89. The zero-order valence-electron chi connectivity index (χ0n) is 13.8. The normalized spacial score (nSPS) is 20.7. The summed E-state index contributed by atoms with van der Waals surface area (Å²) in [5, 5.41) is 0.795. The third-order valence-electron chi connectivity index (χ3n) is 4.89. The largest absolute Gasteiger partial charge is 0.422 e. The van der Waals surface area contributed by atoms with E-state index in [1.165, 1.54) is 0 Å². The van der Waals surface area contributed by atoms with Crippen LogP contribution in [0.5, 0.6) is 0 Å². The van der Waals surface area contributed by atoms with Crippen LogP contribution in [0.2, 0.25) is 0 Å². The first-order chi connectivity index (χ1) is 10.8. The number of piperidine rings is 1. The van der Waals surface area contributed by atoms with Crippen molar-refractivity contribution in [2.24, 2.45) is 11.1 Å². The Balaban J connectivity index is 2.03. The molecule has 1 saturated heterocycles. The van der Waals surface area contributed by atoms with Crippen molar-refractivity contribution in [2.45, 2.75) is 33.2 Å². The van der Waals surface area contributed by atoms with Crippen molar-refractivity contribution in [1.29, 1.82) is 0 Å². The number of carbonyl (C=O) groups is 1. The van der Waals surface area contributed by atoms with Crippen LogP contribution in [-0.2, 0) is 0 Å². The Morgan fingerprint density at radius 3 is 2.74 bits per heavy atom. The van der Waals surface area contributed by atoms with Gasteiger partial charge in [0.25, 0.3) is 5.91 Å². The molecule has 23 heavy (non-hydrogen) atoms. The van der Waals surface area contributed by atoms with Crippen LogP contribution in [0.15, 0.2) is 33.5 Å². The molecule has 0 aliphatic carbocycles. The first kappa shape index (κ1) is 15.7. The molecule has 3 rings (SSSR count). The van der Waals surface area contributed by atoms with Crippen LogP contribution in [-0.4, -0.2) is 29.9 Å². The van der Waals surface area contributed by atoms with Crippen LogP contribution >= 0.6 is 0 Å². The Morgan fingerprint density at radius 1 is 1.35 bits per heavy atom. The molecule has 2 heterocycles. The van der Waals surface area contributed by atoms with E-state index in [2.05, 4.69) is 0 Å². The summed E-state index contributed by atoms with van der Waals surface area (Å²) in [5.41, 5.74) is 6.71. The van der Waals surface area contributed by atoms with Gasteiger partial charge in [-0.2, -0.15) is 0 Å². The molecule has 1 amide bonds. The van der Waals surface area contributed by atoms with Gasteiger partial charge >= 0.3 is 5.63 Å².